The minimum Gasteiger partial charge on any atom is -0.494 e. The minimum atomic E-state index is -0.681. The predicted molar refractivity (Wildman–Crippen MR) is 141 cm³/mol. The summed E-state index contributed by atoms with van der Waals surface area (Å²) in [5.74, 6) is -0.0488. The smallest absolute Gasteiger partial charge is 0.320 e. The number of nitrogens with one attached hydrogen (secondary N) is 3. The molecular formula is C27H27N5O5S. The van der Waals surface area contributed by atoms with Gasteiger partial charge in [0.25, 0.3) is 5.91 Å². The van der Waals surface area contributed by atoms with Crippen LogP contribution in [0.1, 0.15) is 53.5 Å². The lowest BCUT2D eigenvalue weighted by molar-refractivity contribution is -0.136. The van der Waals surface area contributed by atoms with Gasteiger partial charge in [0.05, 0.1) is 17.3 Å². The van der Waals surface area contributed by atoms with E-state index in [2.05, 4.69) is 16.0 Å². The van der Waals surface area contributed by atoms with Gasteiger partial charge in [0, 0.05) is 24.2 Å². The number of piperidine rings is 1. The first-order valence-electron chi connectivity index (χ1n) is 12.6. The van der Waals surface area contributed by atoms with E-state index < -0.39 is 17.5 Å². The van der Waals surface area contributed by atoms with Crippen molar-refractivity contribution in [3.8, 4) is 5.75 Å². The summed E-state index contributed by atoms with van der Waals surface area (Å²) >= 11 is 1.55. The van der Waals surface area contributed by atoms with Crippen LogP contribution in [0.15, 0.2) is 36.4 Å². The molecule has 1 aliphatic carbocycles. The number of benzene rings is 2. The van der Waals surface area contributed by atoms with Gasteiger partial charge in [-0.15, -0.1) is 11.3 Å². The fourth-order valence-electron chi connectivity index (χ4n) is 5.35. The Kier molecular flexibility index (Phi) is 5.82. The highest BCUT2D eigenvalue weighted by molar-refractivity contribution is 7.18. The summed E-state index contributed by atoms with van der Waals surface area (Å²) in [5.41, 5.74) is 1.90. The molecule has 6 rings (SSSR count). The molecule has 2 atom stereocenters. The molecule has 3 heterocycles. The summed E-state index contributed by atoms with van der Waals surface area (Å²) in [6.07, 6.45) is 2.50. The molecule has 1 saturated carbocycles. The Morgan fingerprint density at radius 3 is 2.74 bits per heavy atom. The van der Waals surface area contributed by atoms with Crippen molar-refractivity contribution >= 4 is 51.0 Å². The molecule has 10 nitrogen and oxygen atoms in total. The van der Waals surface area contributed by atoms with E-state index in [4.69, 9.17) is 9.72 Å². The van der Waals surface area contributed by atoms with Crippen LogP contribution in [-0.2, 0) is 21.7 Å². The fraction of sp³-hybridized carbons (Fsp3) is 0.370. The van der Waals surface area contributed by atoms with E-state index in [1.54, 1.807) is 36.6 Å². The summed E-state index contributed by atoms with van der Waals surface area (Å²) < 4.78 is 6.47. The third-order valence-electron chi connectivity index (χ3n) is 7.59. The Bertz CT molecular complexity index is 1500. The van der Waals surface area contributed by atoms with Gasteiger partial charge in [0.2, 0.25) is 11.8 Å². The van der Waals surface area contributed by atoms with E-state index >= 15 is 0 Å². The predicted octanol–water partition coefficient (Wildman–Crippen LogP) is 3.51. The van der Waals surface area contributed by atoms with Crippen LogP contribution in [0.3, 0.4) is 0 Å². The molecule has 2 aromatic carbocycles. The van der Waals surface area contributed by atoms with Crippen molar-refractivity contribution in [3.63, 3.8) is 0 Å². The average molecular weight is 534 g/mol. The first kappa shape index (κ1) is 24.4. The maximum absolute atomic E-state index is 13.2. The van der Waals surface area contributed by atoms with Gasteiger partial charge in [-0.05, 0) is 68.0 Å². The van der Waals surface area contributed by atoms with Gasteiger partial charge >= 0.3 is 6.03 Å². The zero-order valence-corrected chi connectivity index (χ0v) is 21.8. The number of hydrogen-bond donors (Lipinski definition) is 3. The third kappa shape index (κ3) is 4.16. The van der Waals surface area contributed by atoms with E-state index in [1.807, 2.05) is 25.1 Å². The molecule has 196 valence electrons. The second-order valence-electron chi connectivity index (χ2n) is 10.2. The normalized spacial score (nSPS) is 20.6. The molecule has 2 aliphatic heterocycles. The lowest BCUT2D eigenvalue weighted by atomic mass is 9.97. The highest BCUT2D eigenvalue weighted by Gasteiger charge is 2.46. The molecule has 3 aromatic rings. The molecule has 3 N–H and O–H groups in total. The molecule has 0 bridgehead atoms. The van der Waals surface area contributed by atoms with E-state index in [9.17, 15) is 19.2 Å². The minimum absolute atomic E-state index is 0.199. The second kappa shape index (κ2) is 9.09. The zero-order chi connectivity index (χ0) is 26.6. The number of anilines is 1. The molecular weight excluding hydrogens is 506 g/mol. The van der Waals surface area contributed by atoms with Crippen molar-refractivity contribution in [2.45, 2.75) is 50.7 Å². The molecule has 0 radical (unpaired) electrons. The molecule has 1 saturated heterocycles. The van der Waals surface area contributed by atoms with Gasteiger partial charge in [0.15, 0.2) is 0 Å². The van der Waals surface area contributed by atoms with Gasteiger partial charge in [-0.1, -0.05) is 6.07 Å². The lowest BCUT2D eigenvalue weighted by Gasteiger charge is -2.29. The Morgan fingerprint density at radius 1 is 1.18 bits per heavy atom. The zero-order valence-electron chi connectivity index (χ0n) is 21.0. The molecule has 1 unspecified atom stereocenters. The molecule has 5 amide bonds. The van der Waals surface area contributed by atoms with Crippen molar-refractivity contribution < 1.29 is 23.9 Å². The Balaban J connectivity index is 1.19. The number of hydrogen-bond acceptors (Lipinski definition) is 7. The number of nitrogens with zero attached hydrogens (tertiary/aromatic N) is 2. The molecule has 3 aliphatic rings. The quantitative estimate of drug-likeness (QED) is 0.416. The van der Waals surface area contributed by atoms with Crippen LogP contribution in [-0.4, -0.2) is 46.8 Å². The van der Waals surface area contributed by atoms with E-state index in [0.29, 0.717) is 23.4 Å². The molecule has 11 heteroatoms. The summed E-state index contributed by atoms with van der Waals surface area (Å²) in [4.78, 5) is 56.3. The first-order chi connectivity index (χ1) is 18.3. The van der Waals surface area contributed by atoms with Crippen molar-refractivity contribution in [2.24, 2.45) is 5.92 Å². The summed E-state index contributed by atoms with van der Waals surface area (Å²) in [7, 11) is 1.62. The lowest BCUT2D eigenvalue weighted by Crippen LogP contribution is -2.52. The Morgan fingerprint density at radius 2 is 2.00 bits per heavy atom. The number of imide groups is 1. The summed E-state index contributed by atoms with van der Waals surface area (Å²) in [5, 5.41) is 9.20. The number of aromatic nitrogens is 1. The average Bonchev–Trinajstić information content (AvgIpc) is 3.58. The van der Waals surface area contributed by atoms with Crippen LogP contribution in [0.2, 0.25) is 0 Å². The Hall–Kier alpha value is -3.99. The monoisotopic (exact) mass is 533 g/mol. The highest BCUT2D eigenvalue weighted by Crippen LogP contribution is 2.48. The number of carbonyl (C=O) groups excluding carboxylic acids is 4. The Labute approximate surface area is 222 Å². The van der Waals surface area contributed by atoms with Gasteiger partial charge in [0.1, 0.15) is 22.3 Å². The third-order valence-corrected chi connectivity index (χ3v) is 8.85. The van der Waals surface area contributed by atoms with E-state index in [-0.39, 0.29) is 36.7 Å². The molecule has 2 fully saturated rings. The first-order valence-corrected chi connectivity index (χ1v) is 13.4. The topological polar surface area (TPSA) is 130 Å². The highest BCUT2D eigenvalue weighted by atomic mass is 32.1. The number of para-hydroxylation sites is 1. The number of thiazole rings is 1. The standard InChI is InChI=1S/C27H27N5O5S/c1-27(15-6-7-15,25-30-22-19(37-2)4-3-5-20(22)38-25)31-26(36)28-16-8-9-17-14(12-16)13-32(24(17)35)18-10-11-21(33)29-23(18)34/h3-5,8-9,12,15,18H,6-7,10-11,13H2,1-2H3,(H2,28,31,36)(H,29,33,34)/t18?,27-/m0/s1. The molecule has 1 aromatic heterocycles. The molecule has 38 heavy (non-hydrogen) atoms. The number of methoxy groups -OCH3 is 1. The fourth-order valence-corrected chi connectivity index (χ4v) is 6.52. The van der Waals surface area contributed by atoms with Crippen LogP contribution in [0.4, 0.5) is 10.5 Å². The van der Waals surface area contributed by atoms with E-state index in [0.717, 1.165) is 33.6 Å². The van der Waals surface area contributed by atoms with Gasteiger partial charge in [-0.25, -0.2) is 9.78 Å². The van der Waals surface area contributed by atoms with Gasteiger partial charge < -0.3 is 20.3 Å². The van der Waals surface area contributed by atoms with Crippen LogP contribution in [0.5, 0.6) is 5.75 Å². The SMILES string of the molecule is COc1cccc2sc([C@@](C)(NC(=O)Nc3ccc4c(c3)CN(C3CCC(=O)NC3=O)C4=O)C3CC3)nc12. The number of rotatable bonds is 6. The van der Waals surface area contributed by atoms with Crippen molar-refractivity contribution in [1.82, 2.24) is 20.5 Å². The van der Waals surface area contributed by atoms with Crippen molar-refractivity contribution in [3.05, 3.63) is 52.5 Å². The van der Waals surface area contributed by atoms with Crippen LogP contribution >= 0.6 is 11.3 Å². The number of fused-ring (bicyclic) bond motifs is 2. The van der Waals surface area contributed by atoms with Crippen molar-refractivity contribution in [2.75, 3.05) is 12.4 Å². The largest absolute Gasteiger partial charge is 0.494 e. The van der Waals surface area contributed by atoms with Gasteiger partial charge in [-0.3, -0.25) is 19.7 Å². The number of amides is 5. The second-order valence-corrected chi connectivity index (χ2v) is 11.2. The maximum atomic E-state index is 13.2. The van der Waals surface area contributed by atoms with Crippen LogP contribution in [0.25, 0.3) is 10.2 Å². The number of carbonyl (C=O) groups is 4. The van der Waals surface area contributed by atoms with Gasteiger partial charge in [-0.2, -0.15) is 0 Å². The van der Waals surface area contributed by atoms with Crippen LogP contribution in [0, 0.1) is 5.92 Å². The maximum Gasteiger partial charge on any atom is 0.320 e. The summed E-state index contributed by atoms with van der Waals surface area (Å²) in [6, 6.07) is 9.86. The number of urea groups is 1. The number of ether oxygens (including phenoxy) is 1. The summed E-state index contributed by atoms with van der Waals surface area (Å²) in [6.45, 7) is 2.25. The van der Waals surface area contributed by atoms with Crippen LogP contribution < -0.4 is 20.7 Å². The van der Waals surface area contributed by atoms with E-state index in [1.165, 1.54) is 4.90 Å². The van der Waals surface area contributed by atoms with Crippen molar-refractivity contribution in [1.29, 1.82) is 0 Å². The molecule has 0 spiro atoms.